The molecule has 1 aromatic heterocycles. The van der Waals surface area contributed by atoms with Gasteiger partial charge in [-0.1, -0.05) is 12.1 Å². The number of nitrogens with zero attached hydrogens (tertiary/aromatic N) is 2. The van der Waals surface area contributed by atoms with Crippen LogP contribution in [-0.4, -0.2) is 44.0 Å². The largest absolute Gasteiger partial charge is 0.493 e. The van der Waals surface area contributed by atoms with E-state index in [0.717, 1.165) is 35.1 Å². The number of methoxy groups -OCH3 is 1. The molecular weight excluding hydrogens is 410 g/mol. The Hall–Kier alpha value is -3.42. The number of amides is 1. The van der Waals surface area contributed by atoms with Gasteiger partial charge in [0, 0.05) is 6.07 Å². The second-order valence-electron chi connectivity index (χ2n) is 8.46. The van der Waals surface area contributed by atoms with Crippen LogP contribution >= 0.6 is 0 Å². The summed E-state index contributed by atoms with van der Waals surface area (Å²) in [6.07, 6.45) is 2.15. The van der Waals surface area contributed by atoms with E-state index in [4.69, 9.17) is 13.9 Å². The van der Waals surface area contributed by atoms with Crippen molar-refractivity contribution in [2.45, 2.75) is 31.9 Å². The van der Waals surface area contributed by atoms with E-state index in [-0.39, 0.29) is 12.1 Å². The molecular formula is C24H27N3O5. The lowest BCUT2D eigenvalue weighted by Gasteiger charge is -2.37. The van der Waals surface area contributed by atoms with E-state index < -0.39 is 6.09 Å². The number of oxazole rings is 1. The summed E-state index contributed by atoms with van der Waals surface area (Å²) >= 11 is 0. The minimum atomic E-state index is -0.470. The second kappa shape index (κ2) is 8.61. The molecule has 1 saturated carbocycles. The van der Waals surface area contributed by atoms with Crippen molar-refractivity contribution in [2.75, 3.05) is 31.7 Å². The lowest BCUT2D eigenvalue weighted by molar-refractivity contribution is 0.162. The van der Waals surface area contributed by atoms with E-state index in [0.29, 0.717) is 24.7 Å². The number of hydrogen-bond donors (Lipinski definition) is 1. The highest BCUT2D eigenvalue weighted by atomic mass is 16.5. The van der Waals surface area contributed by atoms with E-state index >= 15 is 0 Å². The first kappa shape index (κ1) is 20.5. The zero-order valence-electron chi connectivity index (χ0n) is 18.2. The van der Waals surface area contributed by atoms with Crippen LogP contribution in [0, 0.1) is 5.92 Å². The molecule has 0 bridgehead atoms. The summed E-state index contributed by atoms with van der Waals surface area (Å²) in [6, 6.07) is 13.9. The first-order chi connectivity index (χ1) is 15.6. The molecule has 1 saturated heterocycles. The number of aromatic nitrogens is 1. The fourth-order valence-electron chi connectivity index (χ4n) is 3.65. The van der Waals surface area contributed by atoms with Gasteiger partial charge in [0.25, 0.3) is 6.01 Å². The van der Waals surface area contributed by atoms with Crippen molar-refractivity contribution >= 4 is 23.2 Å². The number of ether oxygens (including phenoxy) is 3. The summed E-state index contributed by atoms with van der Waals surface area (Å²) in [4.78, 5) is 18.1. The molecule has 5 rings (SSSR count). The maximum Gasteiger partial charge on any atom is 0.407 e. The third-order valence-corrected chi connectivity index (χ3v) is 5.83. The molecule has 8 heteroatoms. The van der Waals surface area contributed by atoms with Crippen LogP contribution in [0.1, 0.15) is 31.4 Å². The van der Waals surface area contributed by atoms with E-state index in [9.17, 15) is 4.79 Å². The standard InChI is InChI=1S/C24H27N3O5/c1-15(25-24(28)29-2)17-8-9-21-22(10-17)32-23(26-21)27-12-20(13-27)31-19-5-3-4-18(11-19)30-14-16-6-7-16/h3-5,8-11,15-16,20H,6-7,12-14H2,1-2H3,(H,25,28). The van der Waals surface area contributed by atoms with E-state index in [1.807, 2.05) is 54.3 Å². The van der Waals surface area contributed by atoms with Crippen molar-refractivity contribution in [1.82, 2.24) is 10.3 Å². The lowest BCUT2D eigenvalue weighted by atomic mass is 10.1. The van der Waals surface area contributed by atoms with Gasteiger partial charge in [-0.15, -0.1) is 0 Å². The Morgan fingerprint density at radius 3 is 2.81 bits per heavy atom. The van der Waals surface area contributed by atoms with Crippen molar-refractivity contribution in [3.05, 3.63) is 48.0 Å². The van der Waals surface area contributed by atoms with E-state index in [1.54, 1.807) is 0 Å². The van der Waals surface area contributed by atoms with E-state index in [2.05, 4.69) is 15.0 Å². The van der Waals surface area contributed by atoms with Crippen LogP contribution in [-0.2, 0) is 4.74 Å². The molecule has 1 unspecified atom stereocenters. The van der Waals surface area contributed by atoms with E-state index in [1.165, 1.54) is 20.0 Å². The minimum absolute atomic E-state index is 0.0727. The fraction of sp³-hybridized carbons (Fsp3) is 0.417. The Kier molecular flexibility index (Phi) is 5.51. The van der Waals surface area contributed by atoms with Gasteiger partial charge < -0.3 is 28.8 Å². The van der Waals surface area contributed by atoms with Crippen molar-refractivity contribution in [1.29, 1.82) is 0 Å². The Bertz CT molecular complexity index is 1100. The molecule has 2 aliphatic rings. The molecule has 1 N–H and O–H groups in total. The number of anilines is 1. The molecule has 32 heavy (non-hydrogen) atoms. The van der Waals surface area contributed by atoms with Gasteiger partial charge in [0.05, 0.1) is 32.8 Å². The Morgan fingerprint density at radius 1 is 1.22 bits per heavy atom. The third-order valence-electron chi connectivity index (χ3n) is 5.83. The van der Waals surface area contributed by atoms with Crippen LogP contribution in [0.3, 0.4) is 0 Å². The van der Waals surface area contributed by atoms with Gasteiger partial charge in [-0.2, -0.15) is 4.98 Å². The molecule has 3 aromatic rings. The Morgan fingerprint density at radius 2 is 2.03 bits per heavy atom. The quantitative estimate of drug-likeness (QED) is 0.562. The summed E-state index contributed by atoms with van der Waals surface area (Å²) < 4.78 is 22.6. The lowest BCUT2D eigenvalue weighted by Crippen LogP contribution is -2.54. The normalized spacial score (nSPS) is 17.0. The van der Waals surface area contributed by atoms with Gasteiger partial charge in [0.15, 0.2) is 5.58 Å². The van der Waals surface area contributed by atoms with Crippen LogP contribution < -0.4 is 19.7 Å². The highest BCUT2D eigenvalue weighted by Gasteiger charge is 2.32. The molecule has 1 atom stereocenters. The topological polar surface area (TPSA) is 86.1 Å². The van der Waals surface area contributed by atoms with Crippen LogP contribution in [0.2, 0.25) is 0 Å². The monoisotopic (exact) mass is 437 g/mol. The first-order valence-electron chi connectivity index (χ1n) is 11.0. The molecule has 1 amide bonds. The molecule has 0 radical (unpaired) electrons. The third kappa shape index (κ3) is 4.59. The number of fused-ring (bicyclic) bond motifs is 1. The summed E-state index contributed by atoms with van der Waals surface area (Å²) in [5, 5.41) is 2.75. The molecule has 2 heterocycles. The van der Waals surface area contributed by atoms with Gasteiger partial charge in [0.2, 0.25) is 0 Å². The smallest absolute Gasteiger partial charge is 0.407 e. The number of carbonyl (C=O) groups excluding carboxylic acids is 1. The van der Waals surface area contributed by atoms with Gasteiger partial charge in [-0.3, -0.25) is 0 Å². The molecule has 2 fully saturated rings. The van der Waals surface area contributed by atoms with Crippen molar-refractivity contribution in [2.24, 2.45) is 5.92 Å². The van der Waals surface area contributed by atoms with Crippen LogP contribution in [0.4, 0.5) is 10.8 Å². The zero-order valence-corrected chi connectivity index (χ0v) is 18.2. The SMILES string of the molecule is COC(=O)NC(C)c1ccc2nc(N3CC(Oc4cccc(OCC5CC5)c4)C3)oc2c1. The minimum Gasteiger partial charge on any atom is -0.493 e. The number of nitrogens with one attached hydrogen (secondary N) is 1. The molecule has 1 aliphatic carbocycles. The second-order valence-corrected chi connectivity index (χ2v) is 8.46. The zero-order chi connectivity index (χ0) is 22.1. The predicted molar refractivity (Wildman–Crippen MR) is 119 cm³/mol. The highest BCUT2D eigenvalue weighted by Crippen LogP contribution is 2.32. The number of rotatable bonds is 8. The van der Waals surface area contributed by atoms with Crippen LogP contribution in [0.25, 0.3) is 11.1 Å². The Balaban J connectivity index is 1.17. The molecule has 1 aliphatic heterocycles. The van der Waals surface area contributed by atoms with Gasteiger partial charge >= 0.3 is 6.09 Å². The fourth-order valence-corrected chi connectivity index (χ4v) is 3.65. The summed E-state index contributed by atoms with van der Waals surface area (Å²) in [6.45, 7) is 4.08. The first-order valence-corrected chi connectivity index (χ1v) is 11.0. The molecule has 8 nitrogen and oxygen atoms in total. The van der Waals surface area contributed by atoms with Crippen molar-refractivity contribution in [3.63, 3.8) is 0 Å². The number of carbonyl (C=O) groups is 1. The van der Waals surface area contributed by atoms with Crippen LogP contribution in [0.15, 0.2) is 46.9 Å². The summed E-state index contributed by atoms with van der Waals surface area (Å²) in [7, 11) is 1.34. The number of benzene rings is 2. The molecule has 0 spiro atoms. The van der Waals surface area contributed by atoms with Gasteiger partial charge in [-0.25, -0.2) is 4.79 Å². The maximum atomic E-state index is 11.4. The van der Waals surface area contributed by atoms with Crippen molar-refractivity contribution < 1.29 is 23.4 Å². The number of alkyl carbamates (subject to hydrolysis) is 1. The summed E-state index contributed by atoms with van der Waals surface area (Å²) in [5.74, 6) is 2.40. The molecule has 2 aromatic carbocycles. The Labute approximate surface area is 186 Å². The average molecular weight is 437 g/mol. The molecule has 168 valence electrons. The summed E-state index contributed by atoms with van der Waals surface area (Å²) in [5.41, 5.74) is 2.37. The van der Waals surface area contributed by atoms with Crippen molar-refractivity contribution in [3.8, 4) is 11.5 Å². The highest BCUT2D eigenvalue weighted by molar-refractivity contribution is 5.76. The van der Waals surface area contributed by atoms with Gasteiger partial charge in [0.1, 0.15) is 23.1 Å². The van der Waals surface area contributed by atoms with Crippen LogP contribution in [0.5, 0.6) is 11.5 Å². The maximum absolute atomic E-state index is 11.4. The number of hydrogen-bond acceptors (Lipinski definition) is 7. The predicted octanol–water partition coefficient (Wildman–Crippen LogP) is 4.30. The van der Waals surface area contributed by atoms with Gasteiger partial charge in [-0.05, 0) is 55.5 Å². The average Bonchev–Trinajstić information content (AvgIpc) is 3.51.